The average Bonchev–Trinajstić information content (AvgIpc) is 2.63. The molecule has 1 aliphatic rings. The molecule has 146 valence electrons. The highest BCUT2D eigenvalue weighted by atomic mass is 32.2. The Hall–Kier alpha value is -2.26. The lowest BCUT2D eigenvalue weighted by atomic mass is 9.97. The van der Waals surface area contributed by atoms with Crippen LogP contribution >= 0.6 is 0 Å². The van der Waals surface area contributed by atoms with Crippen LogP contribution in [0.1, 0.15) is 24.1 Å². The minimum Gasteiger partial charge on any atom is -0.492 e. The number of rotatable bonds is 8. The number of sulfonamides is 1. The minimum absolute atomic E-state index is 0.0575. The third-order valence-electron chi connectivity index (χ3n) is 4.35. The summed E-state index contributed by atoms with van der Waals surface area (Å²) < 4.78 is 45.9. The van der Waals surface area contributed by atoms with Gasteiger partial charge in [0.05, 0.1) is 18.0 Å². The fraction of sp³-hybridized carbons (Fsp3) is 0.444. The second-order valence-corrected chi connectivity index (χ2v) is 8.33. The smallest absolute Gasteiger partial charge is 0.267 e. The van der Waals surface area contributed by atoms with Gasteiger partial charge in [-0.1, -0.05) is 0 Å². The lowest BCUT2D eigenvalue weighted by Crippen LogP contribution is -2.35. The van der Waals surface area contributed by atoms with Gasteiger partial charge in [0.2, 0.25) is 10.0 Å². The Labute approximate surface area is 157 Å². The molecule has 0 saturated carbocycles. The van der Waals surface area contributed by atoms with Gasteiger partial charge in [-0.2, -0.15) is 5.10 Å². The van der Waals surface area contributed by atoms with E-state index in [1.54, 1.807) is 6.07 Å². The van der Waals surface area contributed by atoms with Crippen LogP contribution < -0.4 is 15.0 Å². The van der Waals surface area contributed by atoms with E-state index in [2.05, 4.69) is 9.82 Å². The number of hydrogen-bond acceptors (Lipinski definition) is 5. The lowest BCUT2D eigenvalue weighted by Gasteiger charge is -2.16. The Morgan fingerprint density at radius 1 is 1.19 bits per heavy atom. The van der Waals surface area contributed by atoms with E-state index < -0.39 is 10.0 Å². The first-order valence-corrected chi connectivity index (χ1v) is 10.5. The Balaban J connectivity index is 1.47. The molecule has 1 aromatic heterocycles. The molecule has 27 heavy (non-hydrogen) atoms. The summed E-state index contributed by atoms with van der Waals surface area (Å²) in [6.07, 6.45) is 3.85. The lowest BCUT2D eigenvalue weighted by molar-refractivity contribution is 0.339. The van der Waals surface area contributed by atoms with E-state index >= 15 is 0 Å². The largest absolute Gasteiger partial charge is 0.492 e. The monoisotopic (exact) mass is 395 g/mol. The van der Waals surface area contributed by atoms with Crippen molar-refractivity contribution in [3.63, 3.8) is 0 Å². The molecule has 1 heterocycles. The summed E-state index contributed by atoms with van der Waals surface area (Å²) in [5, 5.41) is 4.36. The third-order valence-corrected chi connectivity index (χ3v) is 5.70. The van der Waals surface area contributed by atoms with Crippen molar-refractivity contribution in [2.24, 2.45) is 0 Å². The Bertz CT molecular complexity index is 942. The summed E-state index contributed by atoms with van der Waals surface area (Å²) in [5.41, 5.74) is 1.71. The van der Waals surface area contributed by atoms with Crippen LogP contribution in [0.25, 0.3) is 0 Å². The fourth-order valence-corrected chi connectivity index (χ4v) is 3.79. The van der Waals surface area contributed by atoms with Crippen molar-refractivity contribution in [3.8, 4) is 5.75 Å². The van der Waals surface area contributed by atoms with Crippen molar-refractivity contribution in [1.29, 1.82) is 0 Å². The van der Waals surface area contributed by atoms with Crippen LogP contribution in [0.3, 0.4) is 0 Å². The van der Waals surface area contributed by atoms with Crippen LogP contribution in [-0.4, -0.2) is 37.1 Å². The summed E-state index contributed by atoms with van der Waals surface area (Å²) >= 11 is 0. The summed E-state index contributed by atoms with van der Waals surface area (Å²) in [4.78, 5) is 12.1. The highest BCUT2D eigenvalue weighted by molar-refractivity contribution is 7.89. The fourth-order valence-electron chi connectivity index (χ4n) is 2.94. The molecule has 0 aliphatic heterocycles. The Kier molecular flexibility index (Phi) is 6.22. The van der Waals surface area contributed by atoms with E-state index in [4.69, 9.17) is 4.74 Å². The van der Waals surface area contributed by atoms with Crippen LogP contribution in [0.15, 0.2) is 35.1 Å². The number of benzene rings is 1. The molecule has 0 fully saturated rings. The number of nitrogens with one attached hydrogen (secondary N) is 1. The van der Waals surface area contributed by atoms with Gasteiger partial charge in [-0.25, -0.2) is 22.2 Å². The van der Waals surface area contributed by atoms with Crippen molar-refractivity contribution in [3.05, 3.63) is 57.8 Å². The molecule has 1 N–H and O–H groups in total. The van der Waals surface area contributed by atoms with Gasteiger partial charge in [0, 0.05) is 12.6 Å². The van der Waals surface area contributed by atoms with Crippen molar-refractivity contribution in [2.75, 3.05) is 18.9 Å². The van der Waals surface area contributed by atoms with E-state index in [0.717, 1.165) is 36.9 Å². The number of fused-ring (bicyclic) bond motifs is 1. The van der Waals surface area contributed by atoms with Gasteiger partial charge in [0.15, 0.2) is 0 Å². The third kappa shape index (κ3) is 5.61. The Morgan fingerprint density at radius 2 is 1.93 bits per heavy atom. The zero-order valence-electron chi connectivity index (χ0n) is 14.9. The molecule has 1 aromatic carbocycles. The van der Waals surface area contributed by atoms with Gasteiger partial charge in [-0.05, 0) is 55.5 Å². The molecule has 0 saturated heterocycles. The van der Waals surface area contributed by atoms with Gasteiger partial charge >= 0.3 is 0 Å². The molecule has 1 aliphatic carbocycles. The molecule has 0 bridgehead atoms. The SMILES string of the molecule is O=c1cc2c(nn1CCNS(=O)(=O)CCOc1ccc(F)cc1)CCCC2. The number of ether oxygens (including phenoxy) is 1. The van der Waals surface area contributed by atoms with Crippen LogP contribution in [-0.2, 0) is 29.4 Å². The molecule has 2 aromatic rings. The van der Waals surface area contributed by atoms with E-state index in [-0.39, 0.29) is 36.8 Å². The number of halogens is 1. The van der Waals surface area contributed by atoms with Gasteiger partial charge in [-0.3, -0.25) is 4.79 Å². The first-order chi connectivity index (χ1) is 12.9. The molecule has 0 spiro atoms. The summed E-state index contributed by atoms with van der Waals surface area (Å²) in [6, 6.07) is 6.95. The first-order valence-electron chi connectivity index (χ1n) is 8.88. The maximum atomic E-state index is 12.8. The summed E-state index contributed by atoms with van der Waals surface area (Å²) in [6.45, 7) is 0.187. The van der Waals surface area contributed by atoms with E-state index in [0.29, 0.717) is 5.75 Å². The summed E-state index contributed by atoms with van der Waals surface area (Å²) in [5.74, 6) is -0.226. The average molecular weight is 395 g/mol. The summed E-state index contributed by atoms with van der Waals surface area (Å²) in [7, 11) is -3.55. The highest BCUT2D eigenvalue weighted by Crippen LogP contribution is 2.16. The van der Waals surface area contributed by atoms with Gasteiger partial charge in [0.25, 0.3) is 5.56 Å². The first kappa shape index (κ1) is 19.5. The maximum Gasteiger partial charge on any atom is 0.267 e. The van der Waals surface area contributed by atoms with E-state index in [1.165, 1.54) is 28.9 Å². The van der Waals surface area contributed by atoms with Gasteiger partial charge in [-0.15, -0.1) is 0 Å². The number of aromatic nitrogens is 2. The van der Waals surface area contributed by atoms with Crippen LogP contribution in [0.4, 0.5) is 4.39 Å². The predicted molar refractivity (Wildman–Crippen MR) is 98.8 cm³/mol. The zero-order valence-corrected chi connectivity index (χ0v) is 15.7. The molecule has 0 amide bonds. The van der Waals surface area contributed by atoms with Gasteiger partial charge < -0.3 is 4.74 Å². The number of aryl methyl sites for hydroxylation is 2. The molecule has 3 rings (SSSR count). The quantitative estimate of drug-likeness (QED) is 0.727. The number of nitrogens with zero attached hydrogens (tertiary/aromatic N) is 2. The van der Waals surface area contributed by atoms with Crippen LogP contribution in [0, 0.1) is 5.82 Å². The Morgan fingerprint density at radius 3 is 2.70 bits per heavy atom. The van der Waals surface area contributed by atoms with E-state index in [1.807, 2.05) is 0 Å². The van der Waals surface area contributed by atoms with Crippen molar-refractivity contribution < 1.29 is 17.5 Å². The normalized spacial score (nSPS) is 14.0. The van der Waals surface area contributed by atoms with Gasteiger partial charge in [0.1, 0.15) is 18.2 Å². The molecule has 0 unspecified atom stereocenters. The minimum atomic E-state index is -3.55. The molecular formula is C18H22FN3O4S. The number of hydrogen-bond donors (Lipinski definition) is 1. The van der Waals surface area contributed by atoms with E-state index in [9.17, 15) is 17.6 Å². The van der Waals surface area contributed by atoms with Crippen LogP contribution in [0.5, 0.6) is 5.75 Å². The standard InChI is InChI=1S/C18H22FN3O4S/c19-15-5-7-16(8-6-15)26-11-12-27(24,25)20-9-10-22-18(23)13-14-3-1-2-4-17(14)21-22/h5-8,13,20H,1-4,9-12H2. The predicted octanol–water partition coefficient (Wildman–Crippen LogP) is 1.26. The van der Waals surface area contributed by atoms with Crippen LogP contribution in [0.2, 0.25) is 0 Å². The topological polar surface area (TPSA) is 90.3 Å². The van der Waals surface area contributed by atoms with Crippen molar-refractivity contribution >= 4 is 10.0 Å². The second-order valence-electron chi connectivity index (χ2n) is 6.40. The van der Waals surface area contributed by atoms with Crippen molar-refractivity contribution in [2.45, 2.75) is 32.2 Å². The second kappa shape index (κ2) is 8.62. The molecule has 7 nitrogen and oxygen atoms in total. The molecule has 0 radical (unpaired) electrons. The van der Waals surface area contributed by atoms with Crippen molar-refractivity contribution in [1.82, 2.24) is 14.5 Å². The maximum absolute atomic E-state index is 12.8. The molecule has 0 atom stereocenters. The highest BCUT2D eigenvalue weighted by Gasteiger charge is 2.14. The molecule has 9 heteroatoms. The molecular weight excluding hydrogens is 373 g/mol. The zero-order chi connectivity index (χ0) is 19.3.